The lowest BCUT2D eigenvalue weighted by atomic mass is 10.1. The van der Waals surface area contributed by atoms with Crippen molar-refractivity contribution in [2.24, 2.45) is 7.05 Å². The molecule has 0 radical (unpaired) electrons. The molecule has 1 aromatic heterocycles. The fourth-order valence-corrected chi connectivity index (χ4v) is 2.34. The summed E-state index contributed by atoms with van der Waals surface area (Å²) < 4.78 is 13.0. The maximum Gasteiger partial charge on any atom is 0.166 e. The molecule has 0 amide bonds. The first-order chi connectivity index (χ1) is 8.22. The van der Waals surface area contributed by atoms with Crippen molar-refractivity contribution in [2.75, 3.05) is 13.2 Å². The molecule has 0 unspecified atom stereocenters. The van der Waals surface area contributed by atoms with Gasteiger partial charge in [0.25, 0.3) is 0 Å². The van der Waals surface area contributed by atoms with E-state index in [9.17, 15) is 4.79 Å². The van der Waals surface area contributed by atoms with Crippen LogP contribution in [0.25, 0.3) is 10.9 Å². The summed E-state index contributed by atoms with van der Waals surface area (Å²) in [5, 5.41) is 1.04. The minimum absolute atomic E-state index is 0.572. The molecule has 4 nitrogen and oxygen atoms in total. The number of benzene rings is 1. The summed E-state index contributed by atoms with van der Waals surface area (Å²) in [7, 11) is 1.88. The molecule has 1 aliphatic rings. The zero-order valence-corrected chi connectivity index (χ0v) is 9.82. The van der Waals surface area contributed by atoms with Crippen molar-refractivity contribution in [2.45, 2.75) is 6.92 Å². The van der Waals surface area contributed by atoms with Crippen LogP contribution in [-0.4, -0.2) is 24.1 Å². The van der Waals surface area contributed by atoms with Crippen LogP contribution in [0.2, 0.25) is 0 Å². The molecule has 0 spiro atoms. The van der Waals surface area contributed by atoms with Crippen molar-refractivity contribution < 1.29 is 14.3 Å². The smallest absolute Gasteiger partial charge is 0.166 e. The van der Waals surface area contributed by atoms with Gasteiger partial charge in [0, 0.05) is 18.5 Å². The molecule has 4 heteroatoms. The van der Waals surface area contributed by atoms with E-state index in [4.69, 9.17) is 9.47 Å². The molecule has 88 valence electrons. The Morgan fingerprint density at radius 2 is 1.88 bits per heavy atom. The average Bonchev–Trinajstić information content (AvgIpc) is 2.59. The van der Waals surface area contributed by atoms with E-state index in [0.717, 1.165) is 34.3 Å². The molecule has 3 rings (SSSR count). The number of hydrogen-bond acceptors (Lipinski definition) is 3. The van der Waals surface area contributed by atoms with E-state index in [0.29, 0.717) is 18.9 Å². The number of hydrogen-bond donors (Lipinski definition) is 0. The van der Waals surface area contributed by atoms with Crippen LogP contribution in [0.4, 0.5) is 0 Å². The number of carbonyl (C=O) groups is 1. The topological polar surface area (TPSA) is 40.5 Å². The average molecular weight is 231 g/mol. The Bertz CT molecular complexity index is 564. The predicted molar refractivity (Wildman–Crippen MR) is 64.0 cm³/mol. The van der Waals surface area contributed by atoms with Crippen LogP contribution in [0.1, 0.15) is 16.1 Å². The molecular weight excluding hydrogens is 218 g/mol. The van der Waals surface area contributed by atoms with Gasteiger partial charge in [0.15, 0.2) is 17.8 Å². The van der Waals surface area contributed by atoms with Crippen LogP contribution in [0.5, 0.6) is 11.5 Å². The molecule has 0 bridgehead atoms. The number of fused-ring (bicyclic) bond motifs is 2. The van der Waals surface area contributed by atoms with Crippen molar-refractivity contribution in [3.8, 4) is 11.5 Å². The van der Waals surface area contributed by atoms with Gasteiger partial charge in [0.1, 0.15) is 13.2 Å². The van der Waals surface area contributed by atoms with Gasteiger partial charge in [0.2, 0.25) is 0 Å². The zero-order valence-electron chi connectivity index (χ0n) is 9.82. The summed E-state index contributed by atoms with van der Waals surface area (Å²) >= 11 is 0. The zero-order chi connectivity index (χ0) is 12.0. The lowest BCUT2D eigenvalue weighted by Crippen LogP contribution is -2.15. The van der Waals surface area contributed by atoms with Crippen molar-refractivity contribution in [3.63, 3.8) is 0 Å². The number of aromatic nitrogens is 1. The number of rotatable bonds is 1. The van der Waals surface area contributed by atoms with Gasteiger partial charge in [-0.25, -0.2) is 0 Å². The number of nitrogens with zero attached hydrogens (tertiary/aromatic N) is 1. The molecule has 2 heterocycles. The summed E-state index contributed by atoms with van der Waals surface area (Å²) in [6.45, 7) is 3.09. The Morgan fingerprint density at radius 1 is 1.24 bits per heavy atom. The van der Waals surface area contributed by atoms with E-state index < -0.39 is 0 Å². The summed E-state index contributed by atoms with van der Waals surface area (Å²) in [6.07, 6.45) is 0.885. The molecule has 1 aromatic carbocycles. The molecule has 0 saturated carbocycles. The minimum Gasteiger partial charge on any atom is -0.486 e. The Morgan fingerprint density at radius 3 is 2.53 bits per heavy atom. The second kappa shape index (κ2) is 3.52. The van der Waals surface area contributed by atoms with Gasteiger partial charge in [-0.2, -0.15) is 0 Å². The first kappa shape index (κ1) is 10.2. The first-order valence-corrected chi connectivity index (χ1v) is 5.56. The Hall–Kier alpha value is -1.97. The number of aldehydes is 1. The largest absolute Gasteiger partial charge is 0.486 e. The van der Waals surface area contributed by atoms with E-state index in [-0.39, 0.29) is 0 Å². The fourth-order valence-electron chi connectivity index (χ4n) is 2.34. The monoisotopic (exact) mass is 231 g/mol. The second-order valence-corrected chi connectivity index (χ2v) is 4.20. The second-order valence-electron chi connectivity index (χ2n) is 4.20. The highest BCUT2D eigenvalue weighted by Crippen LogP contribution is 2.37. The van der Waals surface area contributed by atoms with Crippen LogP contribution in [0.3, 0.4) is 0 Å². The molecule has 2 aromatic rings. The third kappa shape index (κ3) is 1.33. The third-order valence-electron chi connectivity index (χ3n) is 3.28. The van der Waals surface area contributed by atoms with Crippen LogP contribution in [0, 0.1) is 6.92 Å². The highest BCUT2D eigenvalue weighted by molar-refractivity contribution is 5.94. The summed E-state index contributed by atoms with van der Waals surface area (Å²) in [6, 6.07) is 3.88. The van der Waals surface area contributed by atoms with Gasteiger partial charge in [-0.1, -0.05) is 0 Å². The predicted octanol–water partition coefficient (Wildman–Crippen LogP) is 2.07. The van der Waals surface area contributed by atoms with Gasteiger partial charge in [0.05, 0.1) is 11.2 Å². The van der Waals surface area contributed by atoms with Crippen molar-refractivity contribution in [3.05, 3.63) is 23.4 Å². The van der Waals surface area contributed by atoms with Gasteiger partial charge in [-0.15, -0.1) is 0 Å². The summed E-state index contributed by atoms with van der Waals surface area (Å²) in [5.41, 5.74) is 2.67. The molecular formula is C13H13NO3. The van der Waals surface area contributed by atoms with Crippen molar-refractivity contribution in [1.29, 1.82) is 0 Å². The number of aryl methyl sites for hydroxylation is 2. The Balaban J connectivity index is 2.36. The van der Waals surface area contributed by atoms with E-state index >= 15 is 0 Å². The summed E-state index contributed by atoms with van der Waals surface area (Å²) in [5.74, 6) is 1.51. The van der Waals surface area contributed by atoms with Crippen LogP contribution in [-0.2, 0) is 7.05 Å². The molecule has 0 aliphatic carbocycles. The standard InChI is InChI=1S/C13H13NO3/c1-8-9-5-12-13(17-4-3-16-12)6-10(9)14(2)11(8)7-15/h5-7H,3-4H2,1-2H3. The van der Waals surface area contributed by atoms with E-state index in [1.54, 1.807) is 0 Å². The highest BCUT2D eigenvalue weighted by Gasteiger charge is 2.17. The lowest BCUT2D eigenvalue weighted by molar-refractivity contribution is 0.111. The van der Waals surface area contributed by atoms with Crippen molar-refractivity contribution in [1.82, 2.24) is 4.57 Å². The van der Waals surface area contributed by atoms with Crippen LogP contribution < -0.4 is 9.47 Å². The number of ether oxygens (including phenoxy) is 2. The molecule has 1 aliphatic heterocycles. The molecule has 17 heavy (non-hydrogen) atoms. The van der Waals surface area contributed by atoms with E-state index in [2.05, 4.69) is 0 Å². The van der Waals surface area contributed by atoms with Gasteiger partial charge in [-0.05, 0) is 18.6 Å². The maximum atomic E-state index is 11.1. The van der Waals surface area contributed by atoms with Crippen LogP contribution >= 0.6 is 0 Å². The first-order valence-electron chi connectivity index (χ1n) is 5.56. The van der Waals surface area contributed by atoms with E-state index in [1.807, 2.05) is 30.7 Å². The SMILES string of the molecule is Cc1c(C=O)n(C)c2cc3c(cc12)OCCO3. The lowest BCUT2D eigenvalue weighted by Gasteiger charge is -2.18. The minimum atomic E-state index is 0.572. The molecule has 0 N–H and O–H groups in total. The Labute approximate surface area is 98.7 Å². The van der Waals surface area contributed by atoms with E-state index in [1.165, 1.54) is 0 Å². The molecule has 0 saturated heterocycles. The summed E-state index contributed by atoms with van der Waals surface area (Å²) in [4.78, 5) is 11.1. The van der Waals surface area contributed by atoms with Gasteiger partial charge >= 0.3 is 0 Å². The maximum absolute atomic E-state index is 11.1. The van der Waals surface area contributed by atoms with Gasteiger partial charge < -0.3 is 14.0 Å². The van der Waals surface area contributed by atoms with Gasteiger partial charge in [-0.3, -0.25) is 4.79 Å². The quantitative estimate of drug-likeness (QED) is 0.705. The van der Waals surface area contributed by atoms with Crippen molar-refractivity contribution >= 4 is 17.2 Å². The third-order valence-corrected chi connectivity index (χ3v) is 3.28. The molecule has 0 atom stereocenters. The fraction of sp³-hybridized carbons (Fsp3) is 0.308. The molecule has 0 fully saturated rings. The highest BCUT2D eigenvalue weighted by atomic mass is 16.6. The Kier molecular flexibility index (Phi) is 2.11. The number of carbonyl (C=O) groups excluding carboxylic acids is 1. The van der Waals surface area contributed by atoms with Crippen LogP contribution in [0.15, 0.2) is 12.1 Å². The normalized spacial score (nSPS) is 14.0.